The van der Waals surface area contributed by atoms with Crippen LogP contribution in [0.3, 0.4) is 0 Å². The highest BCUT2D eigenvalue weighted by Gasteiger charge is 2.35. The molecule has 2 aliphatic carbocycles. The van der Waals surface area contributed by atoms with Crippen LogP contribution in [0, 0.1) is 5.92 Å². The Labute approximate surface area is 89.0 Å². The molecule has 0 saturated heterocycles. The molecule has 0 unspecified atom stereocenters. The lowest BCUT2D eigenvalue weighted by molar-refractivity contribution is -0.138. The molecule has 2 N–H and O–H groups in total. The number of amides is 1. The molecule has 0 aromatic carbocycles. The lowest BCUT2D eigenvalue weighted by Gasteiger charge is -2.27. The Bertz CT molecular complexity index is 274. The second-order valence-corrected chi connectivity index (χ2v) is 4.79. The fourth-order valence-corrected chi connectivity index (χ4v) is 2.28. The minimum Gasteiger partial charge on any atom is -0.388 e. The summed E-state index contributed by atoms with van der Waals surface area (Å²) in [6.45, 7) is 0.344. The van der Waals surface area contributed by atoms with Crippen LogP contribution in [0.2, 0.25) is 0 Å². The van der Waals surface area contributed by atoms with E-state index in [1.165, 1.54) is 0 Å². The van der Waals surface area contributed by atoms with Gasteiger partial charge in [0.25, 0.3) is 0 Å². The fourth-order valence-electron chi connectivity index (χ4n) is 2.28. The summed E-state index contributed by atoms with van der Waals surface area (Å²) in [7, 11) is 0. The van der Waals surface area contributed by atoms with Crippen LogP contribution in [0.1, 0.15) is 38.5 Å². The molecule has 0 heterocycles. The third-order valence-electron chi connectivity index (χ3n) is 3.44. The summed E-state index contributed by atoms with van der Waals surface area (Å²) >= 11 is 0. The van der Waals surface area contributed by atoms with Gasteiger partial charge in [-0.2, -0.15) is 0 Å². The highest BCUT2D eigenvalue weighted by atomic mass is 16.3. The first-order valence-electron chi connectivity index (χ1n) is 5.61. The van der Waals surface area contributed by atoms with Gasteiger partial charge in [-0.3, -0.25) is 9.59 Å². The molecule has 1 amide bonds. The molecular weight excluding hydrogens is 194 g/mol. The van der Waals surface area contributed by atoms with Gasteiger partial charge in [0.05, 0.1) is 11.5 Å². The summed E-state index contributed by atoms with van der Waals surface area (Å²) in [5.41, 5.74) is -0.691. The second kappa shape index (κ2) is 3.93. The topological polar surface area (TPSA) is 66.4 Å². The smallest absolute Gasteiger partial charge is 0.224 e. The number of Topliss-reactive ketones (excluding diaryl/α,β-unsaturated/α-hetero) is 1. The molecule has 15 heavy (non-hydrogen) atoms. The lowest BCUT2D eigenvalue weighted by atomic mass is 9.83. The predicted molar refractivity (Wildman–Crippen MR) is 54.2 cm³/mol. The van der Waals surface area contributed by atoms with Crippen molar-refractivity contribution in [3.05, 3.63) is 0 Å². The number of hydrogen-bond acceptors (Lipinski definition) is 3. The molecule has 0 spiro atoms. The first kappa shape index (κ1) is 10.6. The van der Waals surface area contributed by atoms with Crippen LogP contribution in [-0.4, -0.2) is 28.9 Å². The van der Waals surface area contributed by atoms with E-state index in [0.29, 0.717) is 19.4 Å². The van der Waals surface area contributed by atoms with Gasteiger partial charge < -0.3 is 10.4 Å². The number of aliphatic hydroxyl groups is 1. The minimum absolute atomic E-state index is 0.0741. The van der Waals surface area contributed by atoms with Gasteiger partial charge in [-0.1, -0.05) is 12.8 Å². The van der Waals surface area contributed by atoms with Crippen LogP contribution in [0.25, 0.3) is 0 Å². The van der Waals surface area contributed by atoms with Crippen molar-refractivity contribution in [1.29, 1.82) is 0 Å². The van der Waals surface area contributed by atoms with Gasteiger partial charge in [0.2, 0.25) is 5.91 Å². The first-order valence-corrected chi connectivity index (χ1v) is 5.61. The summed E-state index contributed by atoms with van der Waals surface area (Å²) in [5.74, 6) is -0.0489. The Morgan fingerprint density at radius 2 is 2.00 bits per heavy atom. The van der Waals surface area contributed by atoms with E-state index in [1.54, 1.807) is 0 Å². The van der Waals surface area contributed by atoms with Gasteiger partial charge in [-0.05, 0) is 12.8 Å². The van der Waals surface area contributed by atoms with Crippen LogP contribution < -0.4 is 5.32 Å². The largest absolute Gasteiger partial charge is 0.388 e. The van der Waals surface area contributed by atoms with Crippen LogP contribution >= 0.6 is 0 Å². The standard InChI is InChI=1S/C11H17NO3/c13-9-5-8(6-9)10(14)12-7-11(15)3-1-2-4-11/h8,15H,1-7H2,(H,12,14). The number of carbonyl (C=O) groups is 2. The third-order valence-corrected chi connectivity index (χ3v) is 3.44. The van der Waals surface area contributed by atoms with Crippen LogP contribution in [0.15, 0.2) is 0 Å². The van der Waals surface area contributed by atoms with E-state index in [2.05, 4.69) is 5.32 Å². The van der Waals surface area contributed by atoms with Gasteiger partial charge in [0, 0.05) is 19.4 Å². The van der Waals surface area contributed by atoms with Gasteiger partial charge in [0.1, 0.15) is 5.78 Å². The molecular formula is C11H17NO3. The van der Waals surface area contributed by atoms with Crippen molar-refractivity contribution in [2.75, 3.05) is 6.54 Å². The van der Waals surface area contributed by atoms with E-state index in [9.17, 15) is 14.7 Å². The van der Waals surface area contributed by atoms with E-state index in [1.807, 2.05) is 0 Å². The van der Waals surface area contributed by atoms with Crippen molar-refractivity contribution in [3.8, 4) is 0 Å². The van der Waals surface area contributed by atoms with E-state index < -0.39 is 5.60 Å². The van der Waals surface area contributed by atoms with Gasteiger partial charge in [-0.15, -0.1) is 0 Å². The molecule has 2 saturated carbocycles. The summed E-state index contributed by atoms with van der Waals surface area (Å²) in [6, 6.07) is 0. The Balaban J connectivity index is 1.73. The Kier molecular flexibility index (Phi) is 2.78. The molecule has 4 nitrogen and oxygen atoms in total. The van der Waals surface area contributed by atoms with E-state index in [-0.39, 0.29) is 17.6 Å². The molecule has 0 radical (unpaired) electrons. The highest BCUT2D eigenvalue weighted by molar-refractivity contribution is 5.96. The zero-order valence-corrected chi connectivity index (χ0v) is 8.79. The zero-order chi connectivity index (χ0) is 10.9. The van der Waals surface area contributed by atoms with Crippen LogP contribution in [0.4, 0.5) is 0 Å². The van der Waals surface area contributed by atoms with E-state index >= 15 is 0 Å². The average molecular weight is 211 g/mol. The SMILES string of the molecule is O=C1CC(C(=O)NCC2(O)CCCC2)C1. The van der Waals surface area contributed by atoms with Crippen molar-refractivity contribution in [2.24, 2.45) is 5.92 Å². The Hall–Kier alpha value is -0.900. The van der Waals surface area contributed by atoms with Crippen molar-refractivity contribution in [1.82, 2.24) is 5.32 Å². The van der Waals surface area contributed by atoms with E-state index in [0.717, 1.165) is 25.7 Å². The summed E-state index contributed by atoms with van der Waals surface area (Å²) < 4.78 is 0. The minimum atomic E-state index is -0.691. The number of rotatable bonds is 3. The number of nitrogens with one attached hydrogen (secondary N) is 1. The quantitative estimate of drug-likeness (QED) is 0.709. The Morgan fingerprint density at radius 3 is 2.53 bits per heavy atom. The van der Waals surface area contributed by atoms with Gasteiger partial charge in [-0.25, -0.2) is 0 Å². The summed E-state index contributed by atoms with van der Waals surface area (Å²) in [6.07, 6.45) is 4.38. The molecule has 0 aromatic rings. The normalized spacial score (nSPS) is 25.0. The zero-order valence-electron chi connectivity index (χ0n) is 8.79. The van der Waals surface area contributed by atoms with Crippen molar-refractivity contribution < 1.29 is 14.7 Å². The molecule has 0 aliphatic heterocycles. The first-order chi connectivity index (χ1) is 7.09. The molecule has 2 rings (SSSR count). The maximum atomic E-state index is 11.5. The molecule has 0 aromatic heterocycles. The maximum Gasteiger partial charge on any atom is 0.224 e. The highest BCUT2D eigenvalue weighted by Crippen LogP contribution is 2.29. The van der Waals surface area contributed by atoms with Gasteiger partial charge >= 0.3 is 0 Å². The average Bonchev–Trinajstić information content (AvgIpc) is 2.57. The third kappa shape index (κ3) is 2.37. The summed E-state index contributed by atoms with van der Waals surface area (Å²) in [5, 5.41) is 12.7. The maximum absolute atomic E-state index is 11.5. The summed E-state index contributed by atoms with van der Waals surface area (Å²) in [4.78, 5) is 22.2. The van der Waals surface area contributed by atoms with E-state index in [4.69, 9.17) is 0 Å². The molecule has 2 aliphatic rings. The number of ketones is 1. The predicted octanol–water partition coefficient (Wildman–Crippen LogP) is 0.387. The van der Waals surface area contributed by atoms with Crippen LogP contribution in [-0.2, 0) is 9.59 Å². The van der Waals surface area contributed by atoms with Crippen molar-refractivity contribution >= 4 is 11.7 Å². The van der Waals surface area contributed by atoms with Crippen molar-refractivity contribution in [2.45, 2.75) is 44.1 Å². The molecule has 4 heteroatoms. The number of hydrogen-bond donors (Lipinski definition) is 2. The number of carbonyl (C=O) groups excluding carboxylic acids is 2. The van der Waals surface area contributed by atoms with Crippen molar-refractivity contribution in [3.63, 3.8) is 0 Å². The monoisotopic (exact) mass is 211 g/mol. The van der Waals surface area contributed by atoms with Gasteiger partial charge in [0.15, 0.2) is 0 Å². The molecule has 0 atom stereocenters. The molecule has 0 bridgehead atoms. The lowest BCUT2D eigenvalue weighted by Crippen LogP contribution is -2.45. The van der Waals surface area contributed by atoms with Crippen LogP contribution in [0.5, 0.6) is 0 Å². The molecule has 84 valence electrons. The molecule has 2 fully saturated rings. The fraction of sp³-hybridized carbons (Fsp3) is 0.818. The second-order valence-electron chi connectivity index (χ2n) is 4.79. The Morgan fingerprint density at radius 1 is 1.40 bits per heavy atom.